The number of hydrogen-bond acceptors (Lipinski definition) is 4. The molecule has 2 atom stereocenters. The normalized spacial score (nSPS) is 12.8. The summed E-state index contributed by atoms with van der Waals surface area (Å²) in [6, 6.07) is 19.5. The molecule has 0 aliphatic rings. The van der Waals surface area contributed by atoms with Crippen molar-refractivity contribution in [2.75, 3.05) is 10.8 Å². The molecule has 3 aromatic rings. The van der Waals surface area contributed by atoms with Crippen LogP contribution in [0.4, 0.5) is 10.1 Å². The molecule has 0 aliphatic carbocycles. The quantitative estimate of drug-likeness (QED) is 0.345. The Morgan fingerprint density at radius 3 is 2.03 bits per heavy atom. The van der Waals surface area contributed by atoms with Gasteiger partial charge in [0.15, 0.2) is 0 Å². The highest BCUT2D eigenvalue weighted by atomic mass is 32.2. The van der Waals surface area contributed by atoms with Crippen molar-refractivity contribution in [3.8, 4) is 0 Å². The molecule has 0 aliphatic heterocycles. The highest BCUT2D eigenvalue weighted by Crippen LogP contribution is 2.25. The number of aryl methyl sites for hydroxylation is 1. The van der Waals surface area contributed by atoms with Crippen molar-refractivity contribution in [2.24, 2.45) is 0 Å². The van der Waals surface area contributed by atoms with Gasteiger partial charge in [-0.1, -0.05) is 56.3 Å². The standard InChI is InChI=1S/C30H36FN3O4S/c1-5-22(3)32-30(36)23(4)33(20-25-12-16-26(31)17-13-25)29(35)21-34(27-18-14-24(6-2)15-19-27)39(37,38)28-10-8-7-9-11-28/h7-19,22-23H,5-6,20-21H2,1-4H3,(H,32,36). The number of nitrogens with one attached hydrogen (secondary N) is 1. The van der Waals surface area contributed by atoms with Crippen LogP contribution in [0.3, 0.4) is 0 Å². The number of carbonyl (C=O) groups is 2. The summed E-state index contributed by atoms with van der Waals surface area (Å²) < 4.78 is 42.1. The van der Waals surface area contributed by atoms with Gasteiger partial charge in [-0.2, -0.15) is 0 Å². The largest absolute Gasteiger partial charge is 0.352 e. The maximum atomic E-state index is 13.9. The van der Waals surface area contributed by atoms with E-state index in [-0.39, 0.29) is 23.4 Å². The van der Waals surface area contributed by atoms with E-state index >= 15 is 0 Å². The van der Waals surface area contributed by atoms with Gasteiger partial charge >= 0.3 is 0 Å². The van der Waals surface area contributed by atoms with Crippen LogP contribution in [0, 0.1) is 5.82 Å². The minimum Gasteiger partial charge on any atom is -0.352 e. The van der Waals surface area contributed by atoms with E-state index in [1.807, 2.05) is 32.9 Å². The Morgan fingerprint density at radius 1 is 0.872 bits per heavy atom. The number of anilines is 1. The molecule has 3 rings (SSSR count). The van der Waals surface area contributed by atoms with Crippen LogP contribution in [0.25, 0.3) is 0 Å². The molecular formula is C30H36FN3O4S. The van der Waals surface area contributed by atoms with Gasteiger partial charge < -0.3 is 10.2 Å². The van der Waals surface area contributed by atoms with Crippen molar-refractivity contribution < 1.29 is 22.4 Å². The predicted molar refractivity (Wildman–Crippen MR) is 151 cm³/mol. The second-order valence-electron chi connectivity index (χ2n) is 9.49. The average molecular weight is 554 g/mol. The first kappa shape index (κ1) is 29.8. The molecule has 3 aromatic carbocycles. The summed E-state index contributed by atoms with van der Waals surface area (Å²) in [4.78, 5) is 28.3. The lowest BCUT2D eigenvalue weighted by molar-refractivity contribution is -0.139. The van der Waals surface area contributed by atoms with Crippen LogP contribution < -0.4 is 9.62 Å². The third-order valence-corrected chi connectivity index (χ3v) is 8.47. The van der Waals surface area contributed by atoms with Crippen molar-refractivity contribution in [1.29, 1.82) is 0 Å². The Morgan fingerprint density at radius 2 is 1.46 bits per heavy atom. The number of benzene rings is 3. The fourth-order valence-corrected chi connectivity index (χ4v) is 5.42. The Bertz CT molecular complexity index is 1350. The minimum atomic E-state index is -4.11. The van der Waals surface area contributed by atoms with Crippen LogP contribution in [-0.4, -0.2) is 43.8 Å². The summed E-state index contributed by atoms with van der Waals surface area (Å²) in [5.74, 6) is -1.34. The van der Waals surface area contributed by atoms with Crippen LogP contribution in [0.2, 0.25) is 0 Å². The molecule has 0 spiro atoms. The van der Waals surface area contributed by atoms with E-state index < -0.39 is 34.3 Å². The smallest absolute Gasteiger partial charge is 0.264 e. The fraction of sp³-hybridized carbons (Fsp3) is 0.333. The molecule has 0 saturated carbocycles. The number of rotatable bonds is 12. The van der Waals surface area contributed by atoms with Crippen LogP contribution in [0.15, 0.2) is 83.8 Å². The van der Waals surface area contributed by atoms with Gasteiger partial charge in [-0.05, 0) is 74.2 Å². The lowest BCUT2D eigenvalue weighted by atomic mass is 10.1. The highest BCUT2D eigenvalue weighted by Gasteiger charge is 2.32. The van der Waals surface area contributed by atoms with Crippen LogP contribution in [0.1, 0.15) is 45.2 Å². The number of carbonyl (C=O) groups excluding carboxylic acids is 2. The van der Waals surface area contributed by atoms with E-state index in [1.54, 1.807) is 37.3 Å². The average Bonchev–Trinajstić information content (AvgIpc) is 2.95. The lowest BCUT2D eigenvalue weighted by Crippen LogP contribution is -2.52. The monoisotopic (exact) mass is 553 g/mol. The van der Waals surface area contributed by atoms with E-state index in [1.165, 1.54) is 41.3 Å². The van der Waals surface area contributed by atoms with Crippen molar-refractivity contribution in [1.82, 2.24) is 10.2 Å². The number of halogens is 1. The van der Waals surface area contributed by atoms with E-state index in [0.29, 0.717) is 17.7 Å². The zero-order valence-corrected chi connectivity index (χ0v) is 23.6. The van der Waals surface area contributed by atoms with E-state index in [9.17, 15) is 22.4 Å². The van der Waals surface area contributed by atoms with Crippen molar-refractivity contribution in [3.05, 3.63) is 95.8 Å². The Balaban J connectivity index is 2.01. The maximum Gasteiger partial charge on any atom is 0.264 e. The Labute approximate surface area is 230 Å². The number of sulfonamides is 1. The van der Waals surface area contributed by atoms with Crippen LogP contribution in [-0.2, 0) is 32.6 Å². The fourth-order valence-electron chi connectivity index (χ4n) is 3.98. The predicted octanol–water partition coefficient (Wildman–Crippen LogP) is 4.92. The molecule has 7 nitrogen and oxygen atoms in total. The minimum absolute atomic E-state index is 0.00219. The number of nitrogens with zero attached hydrogens (tertiary/aromatic N) is 2. The molecule has 2 unspecified atom stereocenters. The summed E-state index contributed by atoms with van der Waals surface area (Å²) >= 11 is 0. The van der Waals surface area contributed by atoms with E-state index in [4.69, 9.17) is 0 Å². The molecule has 208 valence electrons. The molecule has 0 heterocycles. The molecule has 0 radical (unpaired) electrons. The van der Waals surface area contributed by atoms with E-state index in [0.717, 1.165) is 16.3 Å². The van der Waals surface area contributed by atoms with E-state index in [2.05, 4.69) is 5.32 Å². The van der Waals surface area contributed by atoms with Gasteiger partial charge in [-0.25, -0.2) is 12.8 Å². The number of amides is 2. The van der Waals surface area contributed by atoms with Gasteiger partial charge in [0.05, 0.1) is 10.6 Å². The molecule has 0 aromatic heterocycles. The molecule has 0 saturated heterocycles. The second-order valence-corrected chi connectivity index (χ2v) is 11.3. The molecular weight excluding hydrogens is 517 g/mol. The maximum absolute atomic E-state index is 13.9. The molecule has 39 heavy (non-hydrogen) atoms. The van der Waals surface area contributed by atoms with Crippen LogP contribution in [0.5, 0.6) is 0 Å². The zero-order valence-electron chi connectivity index (χ0n) is 22.8. The molecule has 0 bridgehead atoms. The van der Waals surface area contributed by atoms with Crippen molar-refractivity contribution >= 4 is 27.5 Å². The first-order valence-corrected chi connectivity index (χ1v) is 14.5. The third kappa shape index (κ3) is 7.66. The third-order valence-electron chi connectivity index (χ3n) is 6.68. The molecule has 2 amide bonds. The molecule has 0 fully saturated rings. The molecule has 1 N–H and O–H groups in total. The van der Waals surface area contributed by atoms with Gasteiger partial charge in [0.25, 0.3) is 10.0 Å². The van der Waals surface area contributed by atoms with Gasteiger partial charge in [-0.15, -0.1) is 0 Å². The summed E-state index contributed by atoms with van der Waals surface area (Å²) in [7, 11) is -4.11. The summed E-state index contributed by atoms with van der Waals surface area (Å²) in [5, 5.41) is 2.89. The van der Waals surface area contributed by atoms with Gasteiger partial charge in [0.1, 0.15) is 18.4 Å². The van der Waals surface area contributed by atoms with Gasteiger partial charge in [0.2, 0.25) is 11.8 Å². The highest BCUT2D eigenvalue weighted by molar-refractivity contribution is 7.92. The lowest BCUT2D eigenvalue weighted by Gasteiger charge is -2.32. The topological polar surface area (TPSA) is 86.8 Å². The van der Waals surface area contributed by atoms with Crippen molar-refractivity contribution in [2.45, 2.75) is 64.1 Å². The first-order chi connectivity index (χ1) is 18.6. The summed E-state index contributed by atoms with van der Waals surface area (Å²) in [6.07, 6.45) is 1.49. The second kappa shape index (κ2) is 13.4. The summed E-state index contributed by atoms with van der Waals surface area (Å²) in [6.45, 7) is 6.88. The van der Waals surface area contributed by atoms with Crippen LogP contribution >= 0.6 is 0 Å². The summed E-state index contributed by atoms with van der Waals surface area (Å²) in [5.41, 5.74) is 1.97. The Kier molecular flexibility index (Phi) is 10.2. The first-order valence-electron chi connectivity index (χ1n) is 13.1. The number of hydrogen-bond donors (Lipinski definition) is 1. The van der Waals surface area contributed by atoms with Gasteiger partial charge in [0, 0.05) is 12.6 Å². The molecule has 9 heteroatoms. The van der Waals surface area contributed by atoms with Gasteiger partial charge in [-0.3, -0.25) is 13.9 Å². The Hall–Kier alpha value is -3.72. The zero-order chi connectivity index (χ0) is 28.6. The SMILES string of the molecule is CCc1ccc(N(CC(=O)N(Cc2ccc(F)cc2)C(C)C(=O)NC(C)CC)S(=O)(=O)c2ccccc2)cc1. The van der Waals surface area contributed by atoms with Crippen molar-refractivity contribution in [3.63, 3.8) is 0 Å².